The predicted molar refractivity (Wildman–Crippen MR) is 82.1 cm³/mol. The molecular formula is C16H25NO2S. The van der Waals surface area contributed by atoms with Crippen LogP contribution in [-0.2, 0) is 16.0 Å². The van der Waals surface area contributed by atoms with Crippen LogP contribution >= 0.6 is 11.3 Å². The van der Waals surface area contributed by atoms with E-state index in [0.717, 1.165) is 45.9 Å². The lowest BCUT2D eigenvalue weighted by Gasteiger charge is -2.50. The number of thiophene rings is 1. The first-order chi connectivity index (χ1) is 9.82. The third-order valence-corrected chi connectivity index (χ3v) is 5.48. The highest BCUT2D eigenvalue weighted by atomic mass is 32.1. The molecule has 0 unspecified atom stereocenters. The van der Waals surface area contributed by atoms with Crippen LogP contribution in [0, 0.1) is 5.41 Å². The molecule has 0 radical (unpaired) electrons. The number of likely N-dealkylation sites (tertiary alicyclic amines) is 1. The second kappa shape index (κ2) is 6.56. The fourth-order valence-electron chi connectivity index (χ4n) is 3.66. The van der Waals surface area contributed by atoms with Gasteiger partial charge in [-0.2, -0.15) is 0 Å². The van der Waals surface area contributed by atoms with Crippen LogP contribution in [-0.4, -0.2) is 43.9 Å². The van der Waals surface area contributed by atoms with Gasteiger partial charge in [-0.3, -0.25) is 4.90 Å². The van der Waals surface area contributed by atoms with Crippen molar-refractivity contribution in [1.29, 1.82) is 0 Å². The van der Waals surface area contributed by atoms with E-state index in [0.29, 0.717) is 6.10 Å². The Labute approximate surface area is 125 Å². The first kappa shape index (κ1) is 14.5. The normalized spacial score (nSPS) is 31.1. The maximum atomic E-state index is 6.06. The average molecular weight is 295 g/mol. The fourth-order valence-corrected chi connectivity index (χ4v) is 4.40. The Balaban J connectivity index is 1.68. The third kappa shape index (κ3) is 3.08. The highest BCUT2D eigenvalue weighted by molar-refractivity contribution is 7.09. The standard InChI is InChI=1S/C16H25NO2S/c1-2-18-13-16-7-4-9-19-15(16)6-8-17(12-16)11-14-5-3-10-20-14/h3,5,10,15H,2,4,6-9,11-13H2,1H3/t15-,16+/m0/s1. The Hall–Kier alpha value is -0.420. The molecule has 20 heavy (non-hydrogen) atoms. The van der Waals surface area contributed by atoms with Crippen molar-refractivity contribution in [3.05, 3.63) is 22.4 Å². The molecule has 0 N–H and O–H groups in total. The van der Waals surface area contributed by atoms with Crippen LogP contribution in [0.3, 0.4) is 0 Å². The first-order valence-electron chi connectivity index (χ1n) is 7.76. The van der Waals surface area contributed by atoms with E-state index in [4.69, 9.17) is 9.47 Å². The summed E-state index contributed by atoms with van der Waals surface area (Å²) in [5.74, 6) is 0. The summed E-state index contributed by atoms with van der Waals surface area (Å²) in [5, 5.41) is 2.17. The van der Waals surface area contributed by atoms with E-state index >= 15 is 0 Å². The van der Waals surface area contributed by atoms with Crippen molar-refractivity contribution in [1.82, 2.24) is 4.90 Å². The van der Waals surface area contributed by atoms with Crippen LogP contribution in [0.25, 0.3) is 0 Å². The summed E-state index contributed by atoms with van der Waals surface area (Å²) >= 11 is 1.86. The topological polar surface area (TPSA) is 21.7 Å². The van der Waals surface area contributed by atoms with Crippen LogP contribution in [0.2, 0.25) is 0 Å². The van der Waals surface area contributed by atoms with Crippen molar-refractivity contribution in [2.24, 2.45) is 5.41 Å². The lowest BCUT2D eigenvalue weighted by atomic mass is 9.73. The SMILES string of the molecule is CCOC[C@]12CCCO[C@H]1CCN(Cc1cccs1)C2. The lowest BCUT2D eigenvalue weighted by Crippen LogP contribution is -2.56. The molecule has 2 fully saturated rings. The summed E-state index contributed by atoms with van der Waals surface area (Å²) in [4.78, 5) is 4.06. The average Bonchev–Trinajstić information content (AvgIpc) is 2.98. The van der Waals surface area contributed by atoms with Crippen molar-refractivity contribution in [3.63, 3.8) is 0 Å². The summed E-state index contributed by atoms with van der Waals surface area (Å²) in [6.07, 6.45) is 3.98. The van der Waals surface area contributed by atoms with E-state index in [-0.39, 0.29) is 5.41 Å². The van der Waals surface area contributed by atoms with E-state index in [2.05, 4.69) is 29.3 Å². The highest BCUT2D eigenvalue weighted by Gasteiger charge is 2.45. The van der Waals surface area contributed by atoms with Crippen LogP contribution in [0.15, 0.2) is 17.5 Å². The van der Waals surface area contributed by atoms with Crippen molar-refractivity contribution in [2.75, 3.05) is 32.9 Å². The van der Waals surface area contributed by atoms with Gasteiger partial charge in [-0.25, -0.2) is 0 Å². The molecule has 0 amide bonds. The number of hydrogen-bond donors (Lipinski definition) is 0. The minimum Gasteiger partial charge on any atom is -0.381 e. The Morgan fingerprint density at radius 3 is 3.30 bits per heavy atom. The first-order valence-corrected chi connectivity index (χ1v) is 8.64. The molecule has 2 atom stereocenters. The molecule has 0 bridgehead atoms. The van der Waals surface area contributed by atoms with Crippen molar-refractivity contribution >= 4 is 11.3 Å². The molecule has 4 heteroatoms. The predicted octanol–water partition coefficient (Wildman–Crippen LogP) is 3.16. The summed E-state index contributed by atoms with van der Waals surface area (Å²) in [6, 6.07) is 4.38. The van der Waals surface area contributed by atoms with Gasteiger partial charge in [0.2, 0.25) is 0 Å². The second-order valence-corrected chi connectivity index (χ2v) is 7.07. The molecular weight excluding hydrogens is 270 g/mol. The largest absolute Gasteiger partial charge is 0.381 e. The zero-order chi connectivity index (χ0) is 13.8. The third-order valence-electron chi connectivity index (χ3n) is 4.62. The van der Waals surface area contributed by atoms with Crippen LogP contribution in [0.5, 0.6) is 0 Å². The van der Waals surface area contributed by atoms with Gasteiger partial charge in [-0.05, 0) is 37.6 Å². The molecule has 3 nitrogen and oxygen atoms in total. The van der Waals surface area contributed by atoms with E-state index < -0.39 is 0 Å². The summed E-state index contributed by atoms with van der Waals surface area (Å²) in [6.45, 7) is 8.03. The van der Waals surface area contributed by atoms with Crippen molar-refractivity contribution in [3.8, 4) is 0 Å². The Bertz CT molecular complexity index is 409. The number of piperidine rings is 1. The smallest absolute Gasteiger partial charge is 0.0677 e. The molecule has 0 spiro atoms. The van der Waals surface area contributed by atoms with Crippen LogP contribution in [0.1, 0.15) is 31.1 Å². The number of ether oxygens (including phenoxy) is 2. The maximum absolute atomic E-state index is 6.06. The van der Waals surface area contributed by atoms with E-state index in [9.17, 15) is 0 Å². The molecule has 1 aromatic heterocycles. The summed E-state index contributed by atoms with van der Waals surface area (Å²) in [7, 11) is 0. The van der Waals surface area contributed by atoms with Gasteiger partial charge in [0.25, 0.3) is 0 Å². The number of fused-ring (bicyclic) bond motifs is 1. The van der Waals surface area contributed by atoms with Gasteiger partial charge < -0.3 is 9.47 Å². The molecule has 0 aromatic carbocycles. The van der Waals surface area contributed by atoms with E-state index in [1.165, 1.54) is 17.7 Å². The van der Waals surface area contributed by atoms with Gasteiger partial charge in [-0.15, -0.1) is 11.3 Å². The zero-order valence-electron chi connectivity index (χ0n) is 12.3. The Morgan fingerprint density at radius 1 is 1.55 bits per heavy atom. The lowest BCUT2D eigenvalue weighted by molar-refractivity contribution is -0.153. The monoisotopic (exact) mass is 295 g/mol. The summed E-state index contributed by atoms with van der Waals surface area (Å²) < 4.78 is 11.9. The highest BCUT2D eigenvalue weighted by Crippen LogP contribution is 2.40. The van der Waals surface area contributed by atoms with Crippen LogP contribution < -0.4 is 0 Å². The maximum Gasteiger partial charge on any atom is 0.0677 e. The van der Waals surface area contributed by atoms with Gasteiger partial charge in [0, 0.05) is 43.1 Å². The summed E-state index contributed by atoms with van der Waals surface area (Å²) in [5.41, 5.74) is 0.226. The number of hydrogen-bond acceptors (Lipinski definition) is 4. The fraction of sp³-hybridized carbons (Fsp3) is 0.750. The minimum absolute atomic E-state index is 0.226. The second-order valence-electron chi connectivity index (χ2n) is 6.04. The Morgan fingerprint density at radius 2 is 2.50 bits per heavy atom. The molecule has 2 aliphatic heterocycles. The Kier molecular flexibility index (Phi) is 4.76. The zero-order valence-corrected chi connectivity index (χ0v) is 13.2. The van der Waals surface area contributed by atoms with Crippen molar-refractivity contribution < 1.29 is 9.47 Å². The quantitative estimate of drug-likeness (QED) is 0.833. The van der Waals surface area contributed by atoms with Gasteiger partial charge in [-0.1, -0.05) is 6.07 Å². The number of nitrogens with zero attached hydrogens (tertiary/aromatic N) is 1. The van der Waals surface area contributed by atoms with Gasteiger partial charge in [0.15, 0.2) is 0 Å². The van der Waals surface area contributed by atoms with Gasteiger partial charge >= 0.3 is 0 Å². The van der Waals surface area contributed by atoms with E-state index in [1.807, 2.05) is 11.3 Å². The minimum atomic E-state index is 0.226. The van der Waals surface area contributed by atoms with Crippen molar-refractivity contribution in [2.45, 2.75) is 38.8 Å². The molecule has 1 aromatic rings. The molecule has 2 saturated heterocycles. The molecule has 3 rings (SSSR count). The van der Waals surface area contributed by atoms with Gasteiger partial charge in [0.05, 0.1) is 12.7 Å². The van der Waals surface area contributed by atoms with Gasteiger partial charge in [0.1, 0.15) is 0 Å². The molecule has 2 aliphatic rings. The molecule has 3 heterocycles. The molecule has 0 aliphatic carbocycles. The van der Waals surface area contributed by atoms with Crippen LogP contribution in [0.4, 0.5) is 0 Å². The molecule has 0 saturated carbocycles. The molecule has 112 valence electrons. The van der Waals surface area contributed by atoms with E-state index in [1.54, 1.807) is 0 Å². The number of rotatable bonds is 5.